The van der Waals surface area contributed by atoms with E-state index in [-0.39, 0.29) is 0 Å². The lowest BCUT2D eigenvalue weighted by Crippen LogP contribution is -2.06. The molecule has 0 aromatic carbocycles. The van der Waals surface area contributed by atoms with Crippen LogP contribution in [-0.2, 0) is 10.8 Å². The first-order valence-electron chi connectivity index (χ1n) is 3.15. The maximum Gasteiger partial charge on any atom is 0.281 e. The molecule has 0 saturated carbocycles. The third-order valence-corrected chi connectivity index (χ3v) is 3.85. The molecule has 0 N–H and O–H groups in total. The number of hydrogen-bond donors (Lipinski definition) is 0. The van der Waals surface area contributed by atoms with Gasteiger partial charge in [0.05, 0.1) is 4.21 Å². The van der Waals surface area contributed by atoms with Gasteiger partial charge in [-0.1, -0.05) is 0 Å². The Kier molecular flexibility index (Phi) is 2.93. The molecule has 0 aliphatic rings. The molecular weight excluding hydrogens is 198 g/mol. The van der Waals surface area contributed by atoms with Crippen LogP contribution in [0.15, 0.2) is 15.7 Å². The molecule has 0 spiro atoms. The maximum atomic E-state index is 11.1. The van der Waals surface area contributed by atoms with Crippen LogP contribution in [0.5, 0.6) is 0 Å². The van der Waals surface area contributed by atoms with E-state index in [0.29, 0.717) is 4.21 Å². The topological polar surface area (TPSA) is 60.2 Å². The SMILES string of the molecule is Cc1csc(S(=O)C[N+](=O)[O-])c1. The third-order valence-electron chi connectivity index (χ3n) is 1.15. The Bertz CT molecular complexity index is 320. The molecule has 1 heterocycles. The molecule has 0 aliphatic carbocycles. The van der Waals surface area contributed by atoms with Gasteiger partial charge in [0.15, 0.2) is 0 Å². The Morgan fingerprint density at radius 2 is 2.42 bits per heavy atom. The molecule has 4 nitrogen and oxygen atoms in total. The lowest BCUT2D eigenvalue weighted by Gasteiger charge is -1.90. The zero-order valence-electron chi connectivity index (χ0n) is 6.35. The monoisotopic (exact) mass is 205 g/mol. The van der Waals surface area contributed by atoms with Gasteiger partial charge in [-0.25, -0.2) is 4.21 Å². The van der Waals surface area contributed by atoms with E-state index < -0.39 is 21.6 Å². The normalized spacial score (nSPS) is 12.8. The minimum absolute atomic E-state index is 0.500. The van der Waals surface area contributed by atoms with Crippen LogP contribution < -0.4 is 0 Å². The second-order valence-corrected chi connectivity index (χ2v) is 4.81. The highest BCUT2D eigenvalue weighted by Gasteiger charge is 2.11. The van der Waals surface area contributed by atoms with Gasteiger partial charge in [-0.3, -0.25) is 10.1 Å². The van der Waals surface area contributed by atoms with Gasteiger partial charge < -0.3 is 0 Å². The molecule has 0 aliphatic heterocycles. The van der Waals surface area contributed by atoms with Crippen LogP contribution in [0, 0.1) is 17.0 Å². The van der Waals surface area contributed by atoms with Crippen molar-refractivity contribution in [3.05, 3.63) is 27.1 Å². The molecule has 66 valence electrons. The summed E-state index contributed by atoms with van der Waals surface area (Å²) >= 11 is 1.30. The number of thiophene rings is 1. The summed E-state index contributed by atoms with van der Waals surface area (Å²) in [6, 6.07) is 1.71. The second kappa shape index (κ2) is 3.77. The van der Waals surface area contributed by atoms with Crippen LogP contribution in [0.1, 0.15) is 5.56 Å². The molecule has 0 saturated heterocycles. The number of aryl methyl sites for hydroxylation is 1. The minimum atomic E-state index is -1.47. The average Bonchev–Trinajstić information content (AvgIpc) is 2.34. The zero-order chi connectivity index (χ0) is 9.14. The zero-order valence-corrected chi connectivity index (χ0v) is 7.98. The van der Waals surface area contributed by atoms with Gasteiger partial charge in [0.1, 0.15) is 10.8 Å². The van der Waals surface area contributed by atoms with Gasteiger partial charge in [-0.15, -0.1) is 11.3 Å². The molecule has 0 amide bonds. The van der Waals surface area contributed by atoms with E-state index in [2.05, 4.69) is 0 Å². The van der Waals surface area contributed by atoms with Gasteiger partial charge in [-0.05, 0) is 23.9 Å². The van der Waals surface area contributed by atoms with Crippen molar-refractivity contribution in [1.29, 1.82) is 0 Å². The predicted molar refractivity (Wildman–Crippen MR) is 47.3 cm³/mol. The minimum Gasteiger partial charge on any atom is -0.264 e. The fourth-order valence-corrected chi connectivity index (χ4v) is 2.68. The molecule has 1 unspecified atom stereocenters. The van der Waals surface area contributed by atoms with Crippen LogP contribution in [0.2, 0.25) is 0 Å². The van der Waals surface area contributed by atoms with E-state index in [4.69, 9.17) is 0 Å². The molecule has 12 heavy (non-hydrogen) atoms. The first-order chi connectivity index (χ1) is 5.59. The summed E-state index contributed by atoms with van der Waals surface area (Å²) in [5, 5.41) is 11.8. The van der Waals surface area contributed by atoms with Gasteiger partial charge in [-0.2, -0.15) is 0 Å². The van der Waals surface area contributed by atoms with E-state index in [1.54, 1.807) is 6.07 Å². The highest BCUT2D eigenvalue weighted by molar-refractivity contribution is 7.87. The summed E-state index contributed by atoms with van der Waals surface area (Å²) in [5.74, 6) is -0.500. The van der Waals surface area contributed by atoms with Crippen molar-refractivity contribution in [1.82, 2.24) is 0 Å². The molecule has 1 aromatic heterocycles. The fourth-order valence-electron chi connectivity index (χ4n) is 0.684. The van der Waals surface area contributed by atoms with Crippen LogP contribution >= 0.6 is 11.3 Å². The van der Waals surface area contributed by atoms with Crippen LogP contribution in [0.4, 0.5) is 0 Å². The van der Waals surface area contributed by atoms with Crippen molar-refractivity contribution < 1.29 is 9.13 Å². The smallest absolute Gasteiger partial charge is 0.264 e. The van der Waals surface area contributed by atoms with Gasteiger partial charge in [0, 0.05) is 4.92 Å². The summed E-state index contributed by atoms with van der Waals surface area (Å²) in [5.41, 5.74) is 0.992. The van der Waals surface area contributed by atoms with Crippen molar-refractivity contribution >= 4 is 22.1 Å². The Labute approximate surface area is 75.8 Å². The number of nitrogens with zero attached hydrogens (tertiary/aromatic N) is 1. The van der Waals surface area contributed by atoms with Crippen LogP contribution in [-0.4, -0.2) is 15.0 Å². The molecule has 1 atom stereocenters. The Morgan fingerprint density at radius 1 is 1.75 bits per heavy atom. The summed E-state index contributed by atoms with van der Waals surface area (Å²) in [4.78, 5) is 9.44. The molecule has 0 radical (unpaired) electrons. The second-order valence-electron chi connectivity index (χ2n) is 2.25. The van der Waals surface area contributed by atoms with Gasteiger partial charge in [0.25, 0.3) is 5.88 Å². The summed E-state index contributed by atoms with van der Waals surface area (Å²) in [7, 11) is -1.47. The predicted octanol–water partition coefficient (Wildman–Crippen LogP) is 1.40. The molecule has 1 aromatic rings. The lowest BCUT2D eigenvalue weighted by molar-refractivity contribution is -0.457. The van der Waals surface area contributed by atoms with E-state index >= 15 is 0 Å². The first-order valence-corrected chi connectivity index (χ1v) is 5.35. The van der Waals surface area contributed by atoms with Gasteiger partial charge in [0.2, 0.25) is 0 Å². The highest BCUT2D eigenvalue weighted by atomic mass is 32.2. The van der Waals surface area contributed by atoms with Crippen molar-refractivity contribution in [3.63, 3.8) is 0 Å². The summed E-state index contributed by atoms with van der Waals surface area (Å²) in [6.07, 6.45) is 0. The van der Waals surface area contributed by atoms with Crippen molar-refractivity contribution in [2.45, 2.75) is 11.1 Å². The Morgan fingerprint density at radius 3 is 2.83 bits per heavy atom. The molecule has 0 fully saturated rings. The maximum absolute atomic E-state index is 11.1. The van der Waals surface area contributed by atoms with Crippen LogP contribution in [0.3, 0.4) is 0 Å². The quantitative estimate of drug-likeness (QED) is 0.553. The van der Waals surface area contributed by atoms with Crippen LogP contribution in [0.25, 0.3) is 0 Å². The molecule has 6 heteroatoms. The first kappa shape index (κ1) is 9.34. The summed E-state index contributed by atoms with van der Waals surface area (Å²) in [6.45, 7) is 1.86. The third kappa shape index (κ3) is 2.38. The highest BCUT2D eigenvalue weighted by Crippen LogP contribution is 2.17. The molecule has 0 bridgehead atoms. The number of nitro groups is 1. The van der Waals surface area contributed by atoms with E-state index in [1.807, 2.05) is 12.3 Å². The fraction of sp³-hybridized carbons (Fsp3) is 0.333. The van der Waals surface area contributed by atoms with E-state index in [1.165, 1.54) is 11.3 Å². The van der Waals surface area contributed by atoms with Gasteiger partial charge >= 0.3 is 0 Å². The van der Waals surface area contributed by atoms with Crippen molar-refractivity contribution in [3.8, 4) is 0 Å². The van der Waals surface area contributed by atoms with E-state index in [9.17, 15) is 14.3 Å². The average molecular weight is 205 g/mol. The number of rotatable bonds is 3. The molecular formula is C6H7NO3S2. The largest absolute Gasteiger partial charge is 0.281 e. The Balaban J connectivity index is 2.72. The summed E-state index contributed by atoms with van der Waals surface area (Å²) < 4.78 is 11.7. The number of hydrogen-bond acceptors (Lipinski definition) is 4. The van der Waals surface area contributed by atoms with E-state index in [0.717, 1.165) is 5.56 Å². The Hall–Kier alpha value is -0.750. The van der Waals surface area contributed by atoms with Crippen molar-refractivity contribution in [2.24, 2.45) is 0 Å². The molecule has 1 rings (SSSR count). The lowest BCUT2D eigenvalue weighted by atomic mass is 10.4. The standard InChI is InChI=1S/C6H7NO3S2/c1-5-2-6(11-3-5)12(10)4-7(8)9/h2-3H,4H2,1H3. The van der Waals surface area contributed by atoms with Crippen molar-refractivity contribution in [2.75, 3.05) is 5.88 Å².